The quantitative estimate of drug-likeness (QED) is 0.839. The van der Waals surface area contributed by atoms with E-state index in [0.29, 0.717) is 6.04 Å². The van der Waals surface area contributed by atoms with E-state index >= 15 is 0 Å². The van der Waals surface area contributed by atoms with Crippen molar-refractivity contribution in [3.8, 4) is 0 Å². The topological polar surface area (TPSA) is 12.0 Å². The Labute approximate surface area is 124 Å². The number of hydrogen-bond acceptors (Lipinski definition) is 1. The monoisotopic (exact) mass is 291 g/mol. The van der Waals surface area contributed by atoms with E-state index in [0.717, 1.165) is 30.0 Å². The number of nitrogens with one attached hydrogen (secondary N) is 1. The van der Waals surface area contributed by atoms with Gasteiger partial charge in [0.1, 0.15) is 5.82 Å². The van der Waals surface area contributed by atoms with Crippen molar-refractivity contribution in [2.45, 2.75) is 25.8 Å². The maximum absolute atomic E-state index is 13.1. The summed E-state index contributed by atoms with van der Waals surface area (Å²) in [5.41, 5.74) is 2.29. The molecule has 20 heavy (non-hydrogen) atoms. The van der Waals surface area contributed by atoms with Crippen LogP contribution in [-0.4, -0.2) is 12.6 Å². The molecule has 1 atom stereocenters. The van der Waals surface area contributed by atoms with Gasteiger partial charge in [-0.3, -0.25) is 0 Å². The predicted octanol–water partition coefficient (Wildman–Crippen LogP) is 4.24. The third-order valence-electron chi connectivity index (χ3n) is 3.25. The third kappa shape index (κ3) is 4.95. The maximum atomic E-state index is 13.1. The lowest BCUT2D eigenvalue weighted by Crippen LogP contribution is -2.30. The molecule has 2 rings (SSSR count). The normalized spacial score (nSPS) is 12.3. The molecule has 0 saturated heterocycles. The summed E-state index contributed by atoms with van der Waals surface area (Å²) in [6, 6.07) is 15.0. The van der Waals surface area contributed by atoms with Crippen molar-refractivity contribution in [1.82, 2.24) is 5.32 Å². The Morgan fingerprint density at radius 2 is 1.85 bits per heavy atom. The van der Waals surface area contributed by atoms with E-state index in [2.05, 4.69) is 12.2 Å². The van der Waals surface area contributed by atoms with Crippen LogP contribution in [-0.2, 0) is 12.8 Å². The Bertz CT molecular complexity index is 539. The van der Waals surface area contributed by atoms with Crippen molar-refractivity contribution in [3.63, 3.8) is 0 Å². The van der Waals surface area contributed by atoms with Gasteiger partial charge in [-0.1, -0.05) is 35.9 Å². The lowest BCUT2D eigenvalue weighted by Gasteiger charge is -2.14. The molecule has 2 aromatic rings. The molecule has 1 nitrogen and oxygen atoms in total. The van der Waals surface area contributed by atoms with E-state index in [1.807, 2.05) is 30.3 Å². The summed E-state index contributed by atoms with van der Waals surface area (Å²) in [5, 5.41) is 4.22. The van der Waals surface area contributed by atoms with Gasteiger partial charge in [0.15, 0.2) is 0 Å². The van der Waals surface area contributed by atoms with Gasteiger partial charge in [-0.15, -0.1) is 0 Å². The average molecular weight is 292 g/mol. The summed E-state index contributed by atoms with van der Waals surface area (Å²) in [6.07, 6.45) is 1.79. The van der Waals surface area contributed by atoms with Crippen LogP contribution in [0.1, 0.15) is 18.1 Å². The number of rotatable bonds is 6. The van der Waals surface area contributed by atoms with Crippen LogP contribution < -0.4 is 5.32 Å². The third-order valence-corrected chi connectivity index (χ3v) is 3.50. The van der Waals surface area contributed by atoms with E-state index in [9.17, 15) is 4.39 Å². The zero-order valence-electron chi connectivity index (χ0n) is 11.6. The predicted molar refractivity (Wildman–Crippen MR) is 82.7 cm³/mol. The summed E-state index contributed by atoms with van der Waals surface area (Å²) < 4.78 is 13.1. The second kappa shape index (κ2) is 7.41. The second-order valence-corrected chi connectivity index (χ2v) is 5.50. The van der Waals surface area contributed by atoms with Gasteiger partial charge in [-0.05, 0) is 61.7 Å². The minimum absolute atomic E-state index is 0.170. The van der Waals surface area contributed by atoms with E-state index in [1.165, 1.54) is 11.6 Å². The Morgan fingerprint density at radius 1 is 1.10 bits per heavy atom. The molecule has 0 spiro atoms. The minimum atomic E-state index is -0.170. The first-order valence-corrected chi connectivity index (χ1v) is 7.23. The molecule has 2 aromatic carbocycles. The van der Waals surface area contributed by atoms with Crippen molar-refractivity contribution < 1.29 is 4.39 Å². The summed E-state index contributed by atoms with van der Waals surface area (Å²) in [7, 11) is 0. The number of halogens is 2. The van der Waals surface area contributed by atoms with Crippen molar-refractivity contribution >= 4 is 11.6 Å². The molecule has 0 aromatic heterocycles. The molecule has 3 heteroatoms. The molecule has 0 radical (unpaired) electrons. The molecule has 0 aliphatic carbocycles. The first kappa shape index (κ1) is 15.0. The molecule has 0 bridgehead atoms. The lowest BCUT2D eigenvalue weighted by molar-refractivity contribution is 0.546. The Balaban J connectivity index is 1.75. The van der Waals surface area contributed by atoms with Crippen LogP contribution >= 0.6 is 11.6 Å². The van der Waals surface area contributed by atoms with E-state index in [-0.39, 0.29) is 5.82 Å². The molecule has 0 aliphatic rings. The maximum Gasteiger partial charge on any atom is 0.123 e. The second-order valence-electron chi connectivity index (χ2n) is 5.07. The molecular formula is C17H19ClFN. The van der Waals surface area contributed by atoms with Gasteiger partial charge in [-0.25, -0.2) is 4.39 Å². The lowest BCUT2D eigenvalue weighted by atomic mass is 10.1. The van der Waals surface area contributed by atoms with Crippen molar-refractivity contribution in [2.75, 3.05) is 6.54 Å². The largest absolute Gasteiger partial charge is 0.314 e. The van der Waals surface area contributed by atoms with E-state index < -0.39 is 0 Å². The van der Waals surface area contributed by atoms with Crippen LogP contribution in [0.3, 0.4) is 0 Å². The van der Waals surface area contributed by atoms with Crippen LogP contribution in [0.4, 0.5) is 4.39 Å². The van der Waals surface area contributed by atoms with Crippen LogP contribution in [0.25, 0.3) is 0 Å². The summed E-state index contributed by atoms with van der Waals surface area (Å²) in [5.74, 6) is -0.170. The van der Waals surface area contributed by atoms with Gasteiger partial charge in [0.05, 0.1) is 0 Å². The number of hydrogen-bond donors (Lipinski definition) is 1. The summed E-state index contributed by atoms with van der Waals surface area (Å²) in [6.45, 7) is 3.02. The van der Waals surface area contributed by atoms with E-state index in [1.54, 1.807) is 12.1 Å². The van der Waals surface area contributed by atoms with E-state index in [4.69, 9.17) is 11.6 Å². The van der Waals surface area contributed by atoms with Gasteiger partial charge in [0.25, 0.3) is 0 Å². The average Bonchev–Trinajstić information content (AvgIpc) is 2.41. The zero-order valence-corrected chi connectivity index (χ0v) is 12.3. The molecule has 1 N–H and O–H groups in total. The van der Waals surface area contributed by atoms with Gasteiger partial charge in [0, 0.05) is 11.1 Å². The molecule has 0 aliphatic heterocycles. The summed E-state index contributed by atoms with van der Waals surface area (Å²) >= 11 is 5.85. The van der Waals surface area contributed by atoms with Crippen LogP contribution in [0, 0.1) is 5.82 Å². The van der Waals surface area contributed by atoms with Gasteiger partial charge in [-0.2, -0.15) is 0 Å². The molecule has 106 valence electrons. The fourth-order valence-corrected chi connectivity index (χ4v) is 2.33. The Hall–Kier alpha value is -1.38. The standard InChI is InChI=1S/C17H19ClFN/c1-13(11-15-3-2-4-17(19)12-15)20-10-9-14-5-7-16(18)8-6-14/h2-8,12-13,20H,9-11H2,1H3. The fraction of sp³-hybridized carbons (Fsp3) is 0.294. The van der Waals surface area contributed by atoms with Crippen LogP contribution in [0.15, 0.2) is 48.5 Å². The SMILES string of the molecule is CC(Cc1cccc(F)c1)NCCc1ccc(Cl)cc1. The molecular weight excluding hydrogens is 273 g/mol. The highest BCUT2D eigenvalue weighted by molar-refractivity contribution is 6.30. The molecule has 0 amide bonds. The van der Waals surface area contributed by atoms with Crippen LogP contribution in [0.5, 0.6) is 0 Å². The molecule has 0 saturated carbocycles. The minimum Gasteiger partial charge on any atom is -0.314 e. The summed E-state index contributed by atoms with van der Waals surface area (Å²) in [4.78, 5) is 0. The first-order chi connectivity index (χ1) is 9.63. The Morgan fingerprint density at radius 3 is 2.55 bits per heavy atom. The highest BCUT2D eigenvalue weighted by Crippen LogP contribution is 2.10. The molecule has 0 heterocycles. The number of benzene rings is 2. The van der Waals surface area contributed by atoms with Gasteiger partial charge >= 0.3 is 0 Å². The Kier molecular flexibility index (Phi) is 5.57. The highest BCUT2D eigenvalue weighted by Gasteiger charge is 2.04. The first-order valence-electron chi connectivity index (χ1n) is 6.86. The van der Waals surface area contributed by atoms with Crippen molar-refractivity contribution in [3.05, 3.63) is 70.5 Å². The smallest absolute Gasteiger partial charge is 0.123 e. The zero-order chi connectivity index (χ0) is 14.4. The highest BCUT2D eigenvalue weighted by atomic mass is 35.5. The van der Waals surface area contributed by atoms with Crippen LogP contribution in [0.2, 0.25) is 5.02 Å². The van der Waals surface area contributed by atoms with Crippen molar-refractivity contribution in [1.29, 1.82) is 0 Å². The van der Waals surface area contributed by atoms with Crippen molar-refractivity contribution in [2.24, 2.45) is 0 Å². The molecule has 1 unspecified atom stereocenters. The fourth-order valence-electron chi connectivity index (χ4n) is 2.20. The van der Waals surface area contributed by atoms with Gasteiger partial charge in [0.2, 0.25) is 0 Å². The van der Waals surface area contributed by atoms with Gasteiger partial charge < -0.3 is 5.32 Å². The molecule has 0 fully saturated rings.